The Morgan fingerprint density at radius 3 is 2.75 bits per heavy atom. The fraction of sp³-hybridized carbons (Fsp3) is 0.308. The molecule has 1 amide bonds. The monoisotopic (exact) mass is 276 g/mol. The summed E-state index contributed by atoms with van der Waals surface area (Å²) < 4.78 is 10.4. The lowest BCUT2D eigenvalue weighted by molar-refractivity contribution is -0.122. The van der Waals surface area contributed by atoms with E-state index in [1.165, 1.54) is 7.11 Å². The van der Waals surface area contributed by atoms with E-state index in [0.29, 0.717) is 12.2 Å². The predicted octanol–water partition coefficient (Wildman–Crippen LogP) is 1.61. The van der Waals surface area contributed by atoms with Crippen molar-refractivity contribution in [2.45, 2.75) is 19.4 Å². The molecule has 0 radical (unpaired) electrons. The normalized spacial score (nSPS) is 11.7. The van der Waals surface area contributed by atoms with Gasteiger partial charge in [-0.05, 0) is 18.6 Å². The van der Waals surface area contributed by atoms with E-state index in [9.17, 15) is 4.79 Å². The Morgan fingerprint density at radius 2 is 2.15 bits per heavy atom. The van der Waals surface area contributed by atoms with Gasteiger partial charge in [0, 0.05) is 0 Å². The molecule has 1 aromatic heterocycles. The first-order chi connectivity index (χ1) is 9.72. The van der Waals surface area contributed by atoms with Crippen LogP contribution in [0.4, 0.5) is 5.95 Å². The quantitative estimate of drug-likeness (QED) is 0.836. The van der Waals surface area contributed by atoms with Crippen LogP contribution in [0.15, 0.2) is 30.3 Å². The summed E-state index contributed by atoms with van der Waals surface area (Å²) in [7, 11) is 1.45. The van der Waals surface area contributed by atoms with Crippen molar-refractivity contribution in [3.63, 3.8) is 0 Å². The molecule has 2 N–H and O–H groups in total. The fourth-order valence-corrected chi connectivity index (χ4v) is 1.58. The Bertz CT molecular complexity index is 556. The number of para-hydroxylation sites is 1. The number of nitrogens with zero attached hydrogens (tertiary/aromatic N) is 2. The summed E-state index contributed by atoms with van der Waals surface area (Å²) in [6.45, 7) is 1.87. The van der Waals surface area contributed by atoms with Crippen LogP contribution in [0.3, 0.4) is 0 Å². The Balaban J connectivity index is 1.98. The van der Waals surface area contributed by atoms with Crippen LogP contribution in [-0.2, 0) is 4.79 Å². The van der Waals surface area contributed by atoms with Gasteiger partial charge in [-0.3, -0.25) is 10.1 Å². The molecule has 0 aliphatic carbocycles. The molecule has 1 aromatic carbocycles. The van der Waals surface area contributed by atoms with Crippen molar-refractivity contribution in [2.75, 3.05) is 12.4 Å². The molecule has 0 spiro atoms. The molecule has 2 aromatic rings. The fourth-order valence-electron chi connectivity index (χ4n) is 1.58. The third-order valence-corrected chi connectivity index (χ3v) is 2.57. The van der Waals surface area contributed by atoms with E-state index in [1.807, 2.05) is 25.1 Å². The second-order valence-electron chi connectivity index (χ2n) is 3.99. The highest BCUT2D eigenvalue weighted by atomic mass is 16.5. The number of hydrogen-bond acceptors (Lipinski definition) is 5. The largest absolute Gasteiger partial charge is 0.481 e. The summed E-state index contributed by atoms with van der Waals surface area (Å²) in [5.74, 6) is 0.571. The van der Waals surface area contributed by atoms with Crippen LogP contribution in [-0.4, -0.2) is 34.3 Å². The zero-order chi connectivity index (χ0) is 14.4. The third kappa shape index (κ3) is 3.47. The number of carbonyl (C=O) groups is 1. The number of carbonyl (C=O) groups excluding carboxylic acids is 1. The molecule has 2 rings (SSSR count). The van der Waals surface area contributed by atoms with Gasteiger partial charge in [0.25, 0.3) is 5.91 Å². The van der Waals surface area contributed by atoms with Crippen LogP contribution in [0.5, 0.6) is 11.8 Å². The number of hydrogen-bond donors (Lipinski definition) is 2. The number of aromatic nitrogens is 3. The minimum atomic E-state index is -0.603. The number of H-pyrrole nitrogens is 1. The first-order valence-corrected chi connectivity index (χ1v) is 6.22. The van der Waals surface area contributed by atoms with Gasteiger partial charge in [0.05, 0.1) is 7.11 Å². The average Bonchev–Trinajstić information content (AvgIpc) is 2.93. The summed E-state index contributed by atoms with van der Waals surface area (Å²) >= 11 is 0. The summed E-state index contributed by atoms with van der Waals surface area (Å²) in [5.41, 5.74) is 0. The van der Waals surface area contributed by atoms with Gasteiger partial charge in [-0.2, -0.15) is 4.98 Å². The summed E-state index contributed by atoms with van der Waals surface area (Å²) in [5, 5.41) is 8.89. The predicted molar refractivity (Wildman–Crippen MR) is 72.7 cm³/mol. The van der Waals surface area contributed by atoms with E-state index in [0.717, 1.165) is 0 Å². The molecule has 7 nitrogen and oxygen atoms in total. The molecule has 0 aliphatic rings. The number of amides is 1. The molecule has 0 aliphatic heterocycles. The molecule has 0 fully saturated rings. The molecular weight excluding hydrogens is 260 g/mol. The number of rotatable bonds is 6. The Hall–Kier alpha value is -2.57. The zero-order valence-corrected chi connectivity index (χ0v) is 11.3. The van der Waals surface area contributed by atoms with Gasteiger partial charge in [-0.15, -0.1) is 5.10 Å². The lowest BCUT2D eigenvalue weighted by Crippen LogP contribution is -2.32. The SMILES string of the molecule is CCC(Oc1ccccc1)C(=O)Nc1nc(OC)n[nH]1. The van der Waals surface area contributed by atoms with Crippen molar-refractivity contribution < 1.29 is 14.3 Å². The Morgan fingerprint density at radius 1 is 1.40 bits per heavy atom. The maximum atomic E-state index is 12.1. The maximum absolute atomic E-state index is 12.1. The van der Waals surface area contributed by atoms with Crippen molar-refractivity contribution in [2.24, 2.45) is 0 Å². The summed E-state index contributed by atoms with van der Waals surface area (Å²) in [4.78, 5) is 16.0. The highest BCUT2D eigenvalue weighted by molar-refractivity contribution is 5.92. The average molecular weight is 276 g/mol. The Kier molecular flexibility index (Phi) is 4.54. The van der Waals surface area contributed by atoms with Gasteiger partial charge >= 0.3 is 6.01 Å². The van der Waals surface area contributed by atoms with Crippen LogP contribution in [0.2, 0.25) is 0 Å². The van der Waals surface area contributed by atoms with E-state index in [2.05, 4.69) is 20.5 Å². The molecule has 0 bridgehead atoms. The van der Waals surface area contributed by atoms with Crippen LogP contribution in [0.25, 0.3) is 0 Å². The maximum Gasteiger partial charge on any atom is 0.336 e. The summed E-state index contributed by atoms with van der Waals surface area (Å²) in [6, 6.07) is 9.34. The first kappa shape index (κ1) is 13.9. The van der Waals surface area contributed by atoms with E-state index in [-0.39, 0.29) is 17.9 Å². The minimum absolute atomic E-state index is 0.164. The number of anilines is 1. The molecule has 7 heteroatoms. The van der Waals surface area contributed by atoms with E-state index < -0.39 is 6.10 Å². The molecule has 0 saturated heterocycles. The lowest BCUT2D eigenvalue weighted by Gasteiger charge is -2.16. The van der Waals surface area contributed by atoms with Gasteiger partial charge in [-0.25, -0.2) is 5.10 Å². The van der Waals surface area contributed by atoms with Crippen molar-refractivity contribution >= 4 is 11.9 Å². The van der Waals surface area contributed by atoms with Crippen molar-refractivity contribution in [3.05, 3.63) is 30.3 Å². The molecule has 1 unspecified atom stereocenters. The molecule has 20 heavy (non-hydrogen) atoms. The third-order valence-electron chi connectivity index (χ3n) is 2.57. The minimum Gasteiger partial charge on any atom is -0.481 e. The van der Waals surface area contributed by atoms with Crippen LogP contribution in [0, 0.1) is 0 Å². The lowest BCUT2D eigenvalue weighted by atomic mass is 10.2. The molecule has 106 valence electrons. The molecule has 1 atom stereocenters. The van der Waals surface area contributed by atoms with Crippen LogP contribution in [0.1, 0.15) is 13.3 Å². The van der Waals surface area contributed by atoms with Gasteiger partial charge in [0.15, 0.2) is 6.10 Å². The van der Waals surface area contributed by atoms with Crippen molar-refractivity contribution in [1.29, 1.82) is 0 Å². The highest BCUT2D eigenvalue weighted by Crippen LogP contribution is 2.14. The van der Waals surface area contributed by atoms with Gasteiger partial charge < -0.3 is 9.47 Å². The van der Waals surface area contributed by atoms with E-state index >= 15 is 0 Å². The molecular formula is C13H16N4O3. The Labute approximate surface area is 116 Å². The highest BCUT2D eigenvalue weighted by Gasteiger charge is 2.19. The second kappa shape index (κ2) is 6.55. The zero-order valence-electron chi connectivity index (χ0n) is 11.3. The van der Waals surface area contributed by atoms with E-state index in [1.54, 1.807) is 12.1 Å². The second-order valence-corrected chi connectivity index (χ2v) is 3.99. The molecule has 1 heterocycles. The number of ether oxygens (including phenoxy) is 2. The standard InChI is InChI=1S/C13H16N4O3/c1-3-10(20-9-7-5-4-6-8-9)11(18)14-12-15-13(19-2)17-16-12/h4-8,10H,3H2,1-2H3,(H2,14,15,16,17,18). The number of nitrogens with one attached hydrogen (secondary N) is 2. The van der Waals surface area contributed by atoms with Crippen molar-refractivity contribution in [3.8, 4) is 11.8 Å². The van der Waals surface area contributed by atoms with Crippen LogP contribution < -0.4 is 14.8 Å². The van der Waals surface area contributed by atoms with Crippen molar-refractivity contribution in [1.82, 2.24) is 15.2 Å². The number of benzene rings is 1. The van der Waals surface area contributed by atoms with Crippen LogP contribution >= 0.6 is 0 Å². The van der Waals surface area contributed by atoms with Gasteiger partial charge in [-0.1, -0.05) is 25.1 Å². The van der Waals surface area contributed by atoms with Gasteiger partial charge in [0.2, 0.25) is 5.95 Å². The first-order valence-electron chi connectivity index (χ1n) is 6.22. The number of methoxy groups -OCH3 is 1. The van der Waals surface area contributed by atoms with E-state index in [4.69, 9.17) is 9.47 Å². The topological polar surface area (TPSA) is 89.1 Å². The van der Waals surface area contributed by atoms with Gasteiger partial charge in [0.1, 0.15) is 5.75 Å². The smallest absolute Gasteiger partial charge is 0.336 e. The molecule has 0 saturated carbocycles. The number of aromatic amines is 1. The summed E-state index contributed by atoms with van der Waals surface area (Å²) in [6.07, 6.45) is -0.0695.